The van der Waals surface area contributed by atoms with Gasteiger partial charge in [-0.2, -0.15) is 0 Å². The Labute approximate surface area is 114 Å². The molecule has 96 valence electrons. The molecule has 1 N–H and O–H groups in total. The highest BCUT2D eigenvalue weighted by Gasteiger charge is 2.06. The number of rotatable bonds is 5. The van der Waals surface area contributed by atoms with Gasteiger partial charge in [-0.15, -0.1) is 0 Å². The minimum atomic E-state index is 0.388. The largest absolute Gasteiger partial charge is 0.485 e. The van der Waals surface area contributed by atoms with Crippen LogP contribution in [0.2, 0.25) is 0 Å². The second kappa shape index (κ2) is 6.02. The number of hydrogen-bond donors (Lipinski definition) is 1. The van der Waals surface area contributed by atoms with Crippen LogP contribution in [0.1, 0.15) is 17.0 Å². The number of hydrogen-bond acceptors (Lipinski definition) is 4. The van der Waals surface area contributed by atoms with Crippen molar-refractivity contribution >= 4 is 15.9 Å². The molecule has 1 aromatic carbocycles. The van der Waals surface area contributed by atoms with Gasteiger partial charge in [0.15, 0.2) is 5.76 Å². The number of nitrogens with one attached hydrogen (secondary N) is 1. The zero-order valence-corrected chi connectivity index (χ0v) is 12.0. The van der Waals surface area contributed by atoms with Gasteiger partial charge in [0.05, 0.1) is 5.69 Å². The molecule has 5 heteroatoms. The molecule has 0 spiro atoms. The third-order valence-corrected chi connectivity index (χ3v) is 2.97. The van der Waals surface area contributed by atoms with Crippen LogP contribution in [0, 0.1) is 6.92 Å². The van der Waals surface area contributed by atoms with E-state index in [0.29, 0.717) is 13.2 Å². The van der Waals surface area contributed by atoms with Crippen LogP contribution in [-0.2, 0) is 13.2 Å². The van der Waals surface area contributed by atoms with Crippen LogP contribution < -0.4 is 10.1 Å². The van der Waals surface area contributed by atoms with Crippen molar-refractivity contribution in [2.24, 2.45) is 0 Å². The molecule has 2 rings (SSSR count). The first kappa shape index (κ1) is 13.1. The Balaban J connectivity index is 1.97. The summed E-state index contributed by atoms with van der Waals surface area (Å²) in [5.41, 5.74) is 1.96. The molecular weight excluding hydrogens is 296 g/mol. The third kappa shape index (κ3) is 3.34. The fourth-order valence-electron chi connectivity index (χ4n) is 1.61. The summed E-state index contributed by atoms with van der Waals surface area (Å²) in [4.78, 5) is 0. The lowest BCUT2D eigenvalue weighted by atomic mass is 10.2. The van der Waals surface area contributed by atoms with Gasteiger partial charge in [-0.05, 0) is 37.7 Å². The van der Waals surface area contributed by atoms with Crippen LogP contribution in [0.25, 0.3) is 0 Å². The first-order valence-corrected chi connectivity index (χ1v) is 6.46. The van der Waals surface area contributed by atoms with Crippen LogP contribution in [0.15, 0.2) is 33.3 Å². The van der Waals surface area contributed by atoms with Crippen LogP contribution in [0.3, 0.4) is 0 Å². The first-order chi connectivity index (χ1) is 8.69. The van der Waals surface area contributed by atoms with Crippen molar-refractivity contribution in [3.05, 3.63) is 45.8 Å². The van der Waals surface area contributed by atoms with Gasteiger partial charge in [-0.1, -0.05) is 21.1 Å². The zero-order valence-electron chi connectivity index (χ0n) is 10.4. The molecule has 1 heterocycles. The van der Waals surface area contributed by atoms with Crippen LogP contribution in [0.4, 0.5) is 0 Å². The van der Waals surface area contributed by atoms with E-state index in [1.165, 1.54) is 0 Å². The van der Waals surface area contributed by atoms with Gasteiger partial charge >= 0.3 is 0 Å². The Morgan fingerprint density at radius 2 is 2.22 bits per heavy atom. The molecule has 0 unspecified atom stereocenters. The minimum absolute atomic E-state index is 0.388. The summed E-state index contributed by atoms with van der Waals surface area (Å²) in [5.74, 6) is 1.58. The Bertz CT molecular complexity index is 525. The van der Waals surface area contributed by atoms with E-state index < -0.39 is 0 Å². The molecule has 1 aromatic heterocycles. The van der Waals surface area contributed by atoms with Gasteiger partial charge in [-0.25, -0.2) is 0 Å². The molecule has 0 fully saturated rings. The molecule has 4 nitrogen and oxygen atoms in total. The number of ether oxygens (including phenoxy) is 1. The molecule has 2 aromatic rings. The Hall–Kier alpha value is -1.33. The van der Waals surface area contributed by atoms with Crippen molar-refractivity contribution in [2.45, 2.75) is 20.1 Å². The Morgan fingerprint density at radius 3 is 2.94 bits per heavy atom. The smallest absolute Gasteiger partial charge is 0.174 e. The Morgan fingerprint density at radius 1 is 1.39 bits per heavy atom. The first-order valence-electron chi connectivity index (χ1n) is 5.67. The summed E-state index contributed by atoms with van der Waals surface area (Å²) in [6, 6.07) is 7.80. The highest BCUT2D eigenvalue weighted by Crippen LogP contribution is 2.23. The predicted octanol–water partition coefficient (Wildman–Crippen LogP) is 3.04. The van der Waals surface area contributed by atoms with Gasteiger partial charge in [0.2, 0.25) is 0 Å². The van der Waals surface area contributed by atoms with E-state index in [9.17, 15) is 0 Å². The highest BCUT2D eigenvalue weighted by molar-refractivity contribution is 9.10. The quantitative estimate of drug-likeness (QED) is 0.922. The summed E-state index contributed by atoms with van der Waals surface area (Å²) in [6.07, 6.45) is 0. The minimum Gasteiger partial charge on any atom is -0.485 e. The Kier molecular flexibility index (Phi) is 4.38. The highest BCUT2D eigenvalue weighted by atomic mass is 79.9. The molecule has 0 atom stereocenters. The number of aryl methyl sites for hydroxylation is 1. The van der Waals surface area contributed by atoms with Gasteiger partial charge in [-0.3, -0.25) is 0 Å². The van der Waals surface area contributed by atoms with E-state index in [1.807, 2.05) is 38.2 Å². The predicted molar refractivity (Wildman–Crippen MR) is 72.5 cm³/mol. The van der Waals surface area contributed by atoms with Crippen LogP contribution in [-0.4, -0.2) is 12.2 Å². The molecule has 0 radical (unpaired) electrons. The number of halogens is 1. The monoisotopic (exact) mass is 310 g/mol. The van der Waals surface area contributed by atoms with E-state index in [4.69, 9.17) is 9.26 Å². The lowest BCUT2D eigenvalue weighted by molar-refractivity contribution is 0.247. The maximum absolute atomic E-state index is 5.69. The van der Waals surface area contributed by atoms with Crippen LogP contribution in [0.5, 0.6) is 5.75 Å². The van der Waals surface area contributed by atoms with Gasteiger partial charge in [0.25, 0.3) is 0 Å². The van der Waals surface area contributed by atoms with Gasteiger partial charge in [0.1, 0.15) is 12.4 Å². The van der Waals surface area contributed by atoms with Crippen molar-refractivity contribution in [3.63, 3.8) is 0 Å². The molecule has 0 saturated carbocycles. The van der Waals surface area contributed by atoms with E-state index in [1.54, 1.807) is 0 Å². The number of nitrogens with zero attached hydrogens (tertiary/aromatic N) is 1. The number of aromatic nitrogens is 1. The van der Waals surface area contributed by atoms with Crippen molar-refractivity contribution in [2.75, 3.05) is 7.05 Å². The summed E-state index contributed by atoms with van der Waals surface area (Å²) in [7, 11) is 1.87. The van der Waals surface area contributed by atoms with E-state index in [2.05, 4.69) is 26.4 Å². The standard InChI is InChI=1S/C13H15BrN2O2/c1-9-5-10(14)3-4-13(9)17-8-12-6-11(7-15-2)16-18-12/h3-6,15H,7-8H2,1-2H3. The van der Waals surface area contributed by atoms with E-state index in [0.717, 1.165) is 27.2 Å². The lowest BCUT2D eigenvalue weighted by Gasteiger charge is -2.07. The fourth-order valence-corrected chi connectivity index (χ4v) is 2.09. The fraction of sp³-hybridized carbons (Fsp3) is 0.308. The maximum Gasteiger partial charge on any atom is 0.174 e. The van der Waals surface area contributed by atoms with Crippen molar-refractivity contribution < 1.29 is 9.26 Å². The average molecular weight is 311 g/mol. The van der Waals surface area contributed by atoms with Crippen molar-refractivity contribution in [3.8, 4) is 5.75 Å². The molecule has 18 heavy (non-hydrogen) atoms. The van der Waals surface area contributed by atoms with E-state index >= 15 is 0 Å². The normalized spacial score (nSPS) is 10.6. The van der Waals surface area contributed by atoms with Crippen molar-refractivity contribution in [1.29, 1.82) is 0 Å². The average Bonchev–Trinajstić information content (AvgIpc) is 2.76. The summed E-state index contributed by atoms with van der Waals surface area (Å²) >= 11 is 3.42. The summed E-state index contributed by atoms with van der Waals surface area (Å²) < 4.78 is 11.9. The molecule has 0 aliphatic heterocycles. The van der Waals surface area contributed by atoms with Crippen molar-refractivity contribution in [1.82, 2.24) is 10.5 Å². The summed E-state index contributed by atoms with van der Waals surface area (Å²) in [5, 5.41) is 6.95. The maximum atomic E-state index is 5.69. The van der Waals surface area contributed by atoms with E-state index in [-0.39, 0.29) is 0 Å². The SMILES string of the molecule is CNCc1cc(COc2ccc(Br)cc2C)on1. The molecule has 0 amide bonds. The van der Waals surface area contributed by atoms with Gasteiger partial charge in [0, 0.05) is 17.1 Å². The molecular formula is C13H15BrN2O2. The molecule has 0 bridgehead atoms. The molecule has 0 aliphatic carbocycles. The molecule has 0 aliphatic rings. The summed E-state index contributed by atoms with van der Waals surface area (Å²) in [6.45, 7) is 3.09. The second-order valence-electron chi connectivity index (χ2n) is 4.01. The van der Waals surface area contributed by atoms with Gasteiger partial charge < -0.3 is 14.6 Å². The second-order valence-corrected chi connectivity index (χ2v) is 4.93. The molecule has 0 saturated heterocycles. The zero-order chi connectivity index (χ0) is 13.0. The number of benzene rings is 1. The topological polar surface area (TPSA) is 47.3 Å². The third-order valence-electron chi connectivity index (χ3n) is 2.47. The van der Waals surface area contributed by atoms with Crippen LogP contribution >= 0.6 is 15.9 Å². The lowest BCUT2D eigenvalue weighted by Crippen LogP contribution is -2.04.